The van der Waals surface area contributed by atoms with Gasteiger partial charge < -0.3 is 10.1 Å². The third-order valence-electron chi connectivity index (χ3n) is 2.69. The first-order valence-electron chi connectivity index (χ1n) is 7.04. The summed E-state index contributed by atoms with van der Waals surface area (Å²) in [7, 11) is 4.44. The number of methoxy groups -OCH3 is 1. The molecule has 0 bridgehead atoms. The largest absolute Gasteiger partial charge is 0.382 e. The van der Waals surface area contributed by atoms with Gasteiger partial charge in [-0.15, -0.1) is 9.24 Å². The van der Waals surface area contributed by atoms with E-state index in [0.29, 0.717) is 6.10 Å². The molecule has 0 spiro atoms. The highest BCUT2D eigenvalue weighted by atomic mass is 31.0. The highest BCUT2D eigenvalue weighted by Gasteiger charge is 2.02. The number of nitrogens with one attached hydrogen (secondary N) is 1. The Kier molecular flexibility index (Phi) is 11.8. The normalized spacial score (nSPS) is 11.9. The van der Waals surface area contributed by atoms with Crippen molar-refractivity contribution in [3.05, 3.63) is 72.9 Å². The number of ether oxygens (including phenoxy) is 1. The van der Waals surface area contributed by atoms with Gasteiger partial charge in [0.05, 0.1) is 6.10 Å². The summed E-state index contributed by atoms with van der Waals surface area (Å²) in [5.41, 5.74) is 2.30. The first kappa shape index (κ1) is 19.8. The quantitative estimate of drug-likeness (QED) is 0.598. The molecule has 1 aromatic carbocycles. The topological polar surface area (TPSA) is 21.3 Å². The summed E-state index contributed by atoms with van der Waals surface area (Å²) in [6, 6.07) is 10.3. The van der Waals surface area contributed by atoms with Gasteiger partial charge in [0.1, 0.15) is 0 Å². The number of hydrogen-bond acceptors (Lipinski definition) is 2. The van der Waals surface area contributed by atoms with Crippen LogP contribution in [0.25, 0.3) is 0 Å². The first-order chi connectivity index (χ1) is 10.0. The maximum Gasteiger partial charge on any atom is 0.0515 e. The average molecular weight is 305 g/mol. The predicted octanol–water partition coefficient (Wildman–Crippen LogP) is 4.32. The summed E-state index contributed by atoms with van der Waals surface area (Å²) in [5.74, 6) is 0.191. The summed E-state index contributed by atoms with van der Waals surface area (Å²) in [6.45, 7) is 12.5. The van der Waals surface area contributed by atoms with E-state index in [1.54, 1.807) is 13.2 Å². The molecule has 0 aliphatic carbocycles. The molecule has 3 heteroatoms. The lowest BCUT2D eigenvalue weighted by Crippen LogP contribution is -2.23. The maximum absolute atomic E-state index is 4.75. The van der Waals surface area contributed by atoms with Crippen molar-refractivity contribution < 1.29 is 4.74 Å². The molecular formula is C18H28NOP. The van der Waals surface area contributed by atoms with Crippen LogP contribution in [0.3, 0.4) is 0 Å². The van der Waals surface area contributed by atoms with E-state index in [-0.39, 0.29) is 5.78 Å². The predicted molar refractivity (Wildman–Crippen MR) is 97.4 cm³/mol. The molecule has 0 fully saturated rings. The van der Waals surface area contributed by atoms with Crippen LogP contribution in [0.5, 0.6) is 0 Å². The molecule has 0 amide bonds. The molecule has 2 nitrogen and oxygen atoms in total. The van der Waals surface area contributed by atoms with Crippen LogP contribution in [-0.2, 0) is 11.3 Å². The zero-order chi connectivity index (χ0) is 16.1. The van der Waals surface area contributed by atoms with Gasteiger partial charge in [-0.2, -0.15) is 0 Å². The van der Waals surface area contributed by atoms with Crippen LogP contribution in [0.2, 0.25) is 0 Å². The van der Waals surface area contributed by atoms with Crippen molar-refractivity contribution in [2.45, 2.75) is 32.3 Å². The van der Waals surface area contributed by atoms with Gasteiger partial charge in [0.25, 0.3) is 0 Å². The van der Waals surface area contributed by atoms with E-state index >= 15 is 0 Å². The van der Waals surface area contributed by atoms with Gasteiger partial charge >= 0.3 is 0 Å². The number of benzene rings is 1. The van der Waals surface area contributed by atoms with Gasteiger partial charge in [0.15, 0.2) is 0 Å². The minimum absolute atomic E-state index is 0.191. The molecule has 1 N–H and O–H groups in total. The van der Waals surface area contributed by atoms with Gasteiger partial charge in [-0.05, 0) is 25.0 Å². The molecular weight excluding hydrogens is 277 g/mol. The second-order valence-corrected chi connectivity index (χ2v) is 5.47. The lowest BCUT2D eigenvalue weighted by Gasteiger charge is -2.13. The number of rotatable bonds is 7. The van der Waals surface area contributed by atoms with E-state index in [4.69, 9.17) is 4.74 Å². The van der Waals surface area contributed by atoms with Crippen molar-refractivity contribution in [3.63, 3.8) is 0 Å². The van der Waals surface area contributed by atoms with Gasteiger partial charge in [0.2, 0.25) is 0 Å². The number of hydrogen-bond donors (Lipinski definition) is 1. The Morgan fingerprint density at radius 2 is 1.90 bits per heavy atom. The molecule has 0 heterocycles. The van der Waals surface area contributed by atoms with E-state index < -0.39 is 0 Å². The lowest BCUT2D eigenvalue weighted by molar-refractivity contribution is 0.134. The fourth-order valence-electron chi connectivity index (χ4n) is 1.25. The molecule has 0 aromatic heterocycles. The molecule has 1 rings (SSSR count). The van der Waals surface area contributed by atoms with E-state index in [1.165, 1.54) is 5.56 Å². The van der Waals surface area contributed by atoms with Gasteiger partial charge in [-0.3, -0.25) is 0 Å². The zero-order valence-electron chi connectivity index (χ0n) is 13.4. The van der Waals surface area contributed by atoms with Crippen molar-refractivity contribution in [2.24, 2.45) is 0 Å². The Labute approximate surface area is 132 Å². The molecule has 0 aliphatic heterocycles. The minimum Gasteiger partial charge on any atom is -0.382 e. The van der Waals surface area contributed by atoms with Crippen LogP contribution in [0.4, 0.5) is 0 Å². The van der Waals surface area contributed by atoms with Crippen LogP contribution in [0.15, 0.2) is 67.3 Å². The summed E-state index contributed by atoms with van der Waals surface area (Å²) in [4.78, 5) is 0. The van der Waals surface area contributed by atoms with Crippen molar-refractivity contribution >= 4 is 9.24 Å². The second-order valence-electron chi connectivity index (χ2n) is 4.80. The summed E-state index contributed by atoms with van der Waals surface area (Å²) < 4.78 is 4.75. The van der Waals surface area contributed by atoms with E-state index in [1.807, 2.05) is 44.2 Å². The molecule has 2 unspecified atom stereocenters. The second kappa shape index (κ2) is 12.5. The average Bonchev–Trinajstić information content (AvgIpc) is 2.51. The monoisotopic (exact) mass is 305 g/mol. The third kappa shape index (κ3) is 11.2. The number of allylic oxidation sites excluding steroid dienone is 2. The van der Waals surface area contributed by atoms with Crippen molar-refractivity contribution in [3.8, 4) is 0 Å². The lowest BCUT2D eigenvalue weighted by atomic mass is 10.2. The van der Waals surface area contributed by atoms with Gasteiger partial charge in [-0.25, -0.2) is 0 Å². The summed E-state index contributed by atoms with van der Waals surface area (Å²) >= 11 is 0. The Morgan fingerprint density at radius 1 is 1.33 bits per heavy atom. The smallest absolute Gasteiger partial charge is 0.0515 e. The Bertz CT molecular complexity index is 426. The van der Waals surface area contributed by atoms with Crippen molar-refractivity contribution in [1.82, 2.24) is 5.32 Å². The Balaban J connectivity index is 0.000000690. The highest BCUT2D eigenvalue weighted by Crippen LogP contribution is 2.10. The molecule has 0 saturated carbocycles. The van der Waals surface area contributed by atoms with E-state index in [9.17, 15) is 0 Å². The molecule has 0 saturated heterocycles. The van der Waals surface area contributed by atoms with Gasteiger partial charge in [-0.1, -0.05) is 61.7 Å². The molecule has 0 aliphatic rings. The zero-order valence-corrected chi connectivity index (χ0v) is 14.5. The molecule has 0 radical (unpaired) electrons. The van der Waals surface area contributed by atoms with Crippen LogP contribution < -0.4 is 5.32 Å². The fourth-order valence-corrected chi connectivity index (χ4v) is 1.48. The minimum atomic E-state index is 0.191. The molecule has 1 aromatic rings. The molecule has 116 valence electrons. The van der Waals surface area contributed by atoms with Crippen LogP contribution in [0, 0.1) is 0 Å². The standard InChI is InChI=1S/C14H18NP.C4H10O/c1-3-4-8-12(2)14(16)15-11-13-9-6-5-7-10-13;1-4(2)5-3/h3-10,14-15H,1-2,11,16H2;4H,1-3H3/b8-4-;. The van der Waals surface area contributed by atoms with Crippen LogP contribution >= 0.6 is 9.24 Å². The summed E-state index contributed by atoms with van der Waals surface area (Å²) in [5, 5.41) is 3.39. The first-order valence-corrected chi connectivity index (χ1v) is 7.71. The molecule has 2 atom stereocenters. The van der Waals surface area contributed by atoms with Gasteiger partial charge in [0, 0.05) is 19.4 Å². The SMILES string of the molecule is C=C/C=C\C(=C)C(P)NCc1ccccc1.COC(C)C. The van der Waals surface area contributed by atoms with Crippen LogP contribution in [-0.4, -0.2) is 19.0 Å². The Morgan fingerprint density at radius 3 is 2.38 bits per heavy atom. The molecule has 21 heavy (non-hydrogen) atoms. The Hall–Kier alpha value is -1.21. The van der Waals surface area contributed by atoms with E-state index in [0.717, 1.165) is 12.1 Å². The van der Waals surface area contributed by atoms with E-state index in [2.05, 4.69) is 39.8 Å². The highest BCUT2D eigenvalue weighted by molar-refractivity contribution is 7.18. The third-order valence-corrected chi connectivity index (χ3v) is 3.35. The van der Waals surface area contributed by atoms with Crippen molar-refractivity contribution in [1.29, 1.82) is 0 Å². The maximum atomic E-state index is 4.75. The van der Waals surface area contributed by atoms with Crippen molar-refractivity contribution in [2.75, 3.05) is 7.11 Å². The fraction of sp³-hybridized carbons (Fsp3) is 0.333. The summed E-state index contributed by atoms with van der Waals surface area (Å²) in [6.07, 6.45) is 5.99. The van der Waals surface area contributed by atoms with Crippen LogP contribution in [0.1, 0.15) is 19.4 Å².